The number of fused-ring (bicyclic) bond motifs is 1. The SMILES string of the molecule is CC1(C)CCc2sc(-c3ccccc3O)nc21. The molecule has 2 nitrogen and oxygen atoms in total. The van der Waals surface area contributed by atoms with Gasteiger partial charge in [0.25, 0.3) is 0 Å². The van der Waals surface area contributed by atoms with Crippen LogP contribution in [0.3, 0.4) is 0 Å². The Morgan fingerprint density at radius 1 is 1.29 bits per heavy atom. The predicted octanol–water partition coefficient (Wildman–Crippen LogP) is 3.74. The lowest BCUT2D eigenvalue weighted by Crippen LogP contribution is -2.12. The molecule has 2 aromatic rings. The molecule has 1 heterocycles. The molecular weight excluding hydrogens is 230 g/mol. The van der Waals surface area contributed by atoms with Crippen molar-refractivity contribution in [3.8, 4) is 16.3 Å². The third kappa shape index (κ3) is 1.65. The van der Waals surface area contributed by atoms with Gasteiger partial charge in [-0.25, -0.2) is 4.98 Å². The van der Waals surface area contributed by atoms with Crippen LogP contribution in [0.5, 0.6) is 5.75 Å². The van der Waals surface area contributed by atoms with E-state index in [1.165, 1.54) is 17.0 Å². The van der Waals surface area contributed by atoms with Crippen LogP contribution in [0.2, 0.25) is 0 Å². The van der Waals surface area contributed by atoms with Gasteiger partial charge in [0.05, 0.1) is 11.3 Å². The molecule has 0 amide bonds. The van der Waals surface area contributed by atoms with Crippen molar-refractivity contribution in [1.29, 1.82) is 0 Å². The topological polar surface area (TPSA) is 33.1 Å². The lowest BCUT2D eigenvalue weighted by molar-refractivity contribution is 0.477. The summed E-state index contributed by atoms with van der Waals surface area (Å²) in [5.41, 5.74) is 2.26. The Kier molecular flexibility index (Phi) is 2.26. The molecule has 0 saturated heterocycles. The van der Waals surface area contributed by atoms with Crippen LogP contribution in [0.4, 0.5) is 0 Å². The Labute approximate surface area is 105 Å². The zero-order valence-corrected chi connectivity index (χ0v) is 10.8. The summed E-state index contributed by atoms with van der Waals surface area (Å²) in [6, 6.07) is 7.42. The molecule has 0 radical (unpaired) electrons. The molecule has 0 spiro atoms. The van der Waals surface area contributed by atoms with Crippen LogP contribution in [0.25, 0.3) is 10.6 Å². The van der Waals surface area contributed by atoms with Gasteiger partial charge in [-0.15, -0.1) is 11.3 Å². The fraction of sp³-hybridized carbons (Fsp3) is 0.357. The fourth-order valence-corrected chi connectivity index (χ4v) is 3.64. The maximum absolute atomic E-state index is 9.85. The van der Waals surface area contributed by atoms with Gasteiger partial charge >= 0.3 is 0 Å². The van der Waals surface area contributed by atoms with Gasteiger partial charge in [-0.2, -0.15) is 0 Å². The Morgan fingerprint density at radius 3 is 2.76 bits per heavy atom. The summed E-state index contributed by atoms with van der Waals surface area (Å²) in [6.45, 7) is 4.49. The number of phenolic OH excluding ortho intramolecular Hbond substituents is 1. The third-order valence-electron chi connectivity index (χ3n) is 3.45. The van der Waals surface area contributed by atoms with E-state index < -0.39 is 0 Å². The summed E-state index contributed by atoms with van der Waals surface area (Å²) in [5.74, 6) is 0.317. The number of rotatable bonds is 1. The van der Waals surface area contributed by atoms with Crippen molar-refractivity contribution in [2.24, 2.45) is 0 Å². The molecular formula is C14H15NOS. The van der Waals surface area contributed by atoms with Crippen molar-refractivity contribution in [3.05, 3.63) is 34.8 Å². The normalized spacial score (nSPS) is 17.1. The molecule has 3 heteroatoms. The lowest BCUT2D eigenvalue weighted by atomic mass is 9.91. The molecule has 0 aliphatic heterocycles. The molecule has 0 atom stereocenters. The highest BCUT2D eigenvalue weighted by Crippen LogP contribution is 2.44. The standard InChI is InChI=1S/C14H15NOS/c1-14(2)8-7-11-12(14)15-13(17-11)9-5-3-4-6-10(9)16/h3-6,16H,7-8H2,1-2H3. The highest BCUT2D eigenvalue weighted by molar-refractivity contribution is 7.15. The van der Waals surface area contributed by atoms with E-state index in [4.69, 9.17) is 4.98 Å². The quantitative estimate of drug-likeness (QED) is 0.830. The van der Waals surface area contributed by atoms with Crippen molar-refractivity contribution in [1.82, 2.24) is 4.98 Å². The second-order valence-electron chi connectivity index (χ2n) is 5.19. The second kappa shape index (κ2) is 3.57. The minimum absolute atomic E-state index is 0.189. The van der Waals surface area contributed by atoms with Crippen molar-refractivity contribution in [2.45, 2.75) is 32.1 Å². The van der Waals surface area contributed by atoms with Gasteiger partial charge in [0.1, 0.15) is 10.8 Å². The Morgan fingerprint density at radius 2 is 2.06 bits per heavy atom. The second-order valence-corrected chi connectivity index (χ2v) is 6.28. The van der Waals surface area contributed by atoms with Gasteiger partial charge in [-0.3, -0.25) is 0 Å². The summed E-state index contributed by atoms with van der Waals surface area (Å²) in [5, 5.41) is 10.8. The summed E-state index contributed by atoms with van der Waals surface area (Å²) < 4.78 is 0. The third-order valence-corrected chi connectivity index (χ3v) is 4.60. The number of nitrogens with zero attached hydrogens (tertiary/aromatic N) is 1. The molecule has 88 valence electrons. The van der Waals surface area contributed by atoms with Gasteiger partial charge in [0, 0.05) is 10.3 Å². The number of thiazole rings is 1. The predicted molar refractivity (Wildman–Crippen MR) is 70.6 cm³/mol. The van der Waals surface area contributed by atoms with Crippen LogP contribution < -0.4 is 0 Å². The van der Waals surface area contributed by atoms with E-state index in [0.717, 1.165) is 17.0 Å². The highest BCUT2D eigenvalue weighted by Gasteiger charge is 2.34. The molecule has 1 N–H and O–H groups in total. The molecule has 1 aromatic heterocycles. The van der Waals surface area contributed by atoms with Crippen molar-refractivity contribution in [3.63, 3.8) is 0 Å². The molecule has 17 heavy (non-hydrogen) atoms. The maximum atomic E-state index is 9.85. The van der Waals surface area contributed by atoms with Gasteiger partial charge < -0.3 is 5.11 Å². The van der Waals surface area contributed by atoms with E-state index in [9.17, 15) is 5.11 Å². The van der Waals surface area contributed by atoms with E-state index in [1.54, 1.807) is 17.4 Å². The summed E-state index contributed by atoms with van der Waals surface area (Å²) in [7, 11) is 0. The summed E-state index contributed by atoms with van der Waals surface area (Å²) >= 11 is 1.72. The minimum atomic E-state index is 0.189. The van der Waals surface area contributed by atoms with Gasteiger partial charge in [0.15, 0.2) is 0 Å². The molecule has 0 fully saturated rings. The Balaban J connectivity index is 2.11. The number of aromatic hydroxyl groups is 1. The van der Waals surface area contributed by atoms with Crippen LogP contribution in [0, 0.1) is 0 Å². The molecule has 3 rings (SSSR count). The van der Waals surface area contributed by atoms with E-state index in [-0.39, 0.29) is 5.41 Å². The minimum Gasteiger partial charge on any atom is -0.507 e. The molecule has 1 aliphatic rings. The first kappa shape index (κ1) is 10.8. The van der Waals surface area contributed by atoms with Crippen LogP contribution >= 0.6 is 11.3 Å². The van der Waals surface area contributed by atoms with Crippen LogP contribution in [0.15, 0.2) is 24.3 Å². The number of aromatic nitrogens is 1. The lowest BCUT2D eigenvalue weighted by Gasteiger charge is -2.15. The van der Waals surface area contributed by atoms with Gasteiger partial charge in [-0.05, 0) is 25.0 Å². The van der Waals surface area contributed by atoms with Crippen LogP contribution in [-0.4, -0.2) is 10.1 Å². The number of hydrogen-bond acceptors (Lipinski definition) is 3. The monoisotopic (exact) mass is 245 g/mol. The summed E-state index contributed by atoms with van der Waals surface area (Å²) in [4.78, 5) is 6.12. The van der Waals surface area contributed by atoms with E-state index in [1.807, 2.05) is 18.2 Å². The molecule has 1 aliphatic carbocycles. The summed E-state index contributed by atoms with van der Waals surface area (Å²) in [6.07, 6.45) is 2.30. The average Bonchev–Trinajstić information content (AvgIpc) is 2.81. The number of hydrogen-bond donors (Lipinski definition) is 1. The number of aryl methyl sites for hydroxylation is 1. The molecule has 0 saturated carbocycles. The first-order chi connectivity index (χ1) is 8.08. The van der Waals surface area contributed by atoms with Crippen LogP contribution in [-0.2, 0) is 11.8 Å². The average molecular weight is 245 g/mol. The first-order valence-electron chi connectivity index (χ1n) is 5.86. The largest absolute Gasteiger partial charge is 0.507 e. The van der Waals surface area contributed by atoms with Gasteiger partial charge in [-0.1, -0.05) is 26.0 Å². The van der Waals surface area contributed by atoms with Crippen molar-refractivity contribution in [2.75, 3.05) is 0 Å². The van der Waals surface area contributed by atoms with Crippen molar-refractivity contribution < 1.29 is 5.11 Å². The fourth-order valence-electron chi connectivity index (χ4n) is 2.36. The maximum Gasteiger partial charge on any atom is 0.127 e. The Bertz CT molecular complexity index is 571. The first-order valence-corrected chi connectivity index (χ1v) is 6.68. The number of benzene rings is 1. The zero-order valence-electron chi connectivity index (χ0n) is 10.0. The van der Waals surface area contributed by atoms with E-state index >= 15 is 0 Å². The number of phenols is 1. The molecule has 1 aromatic carbocycles. The molecule has 0 bridgehead atoms. The van der Waals surface area contributed by atoms with E-state index in [2.05, 4.69) is 13.8 Å². The van der Waals surface area contributed by atoms with Crippen LogP contribution in [0.1, 0.15) is 30.8 Å². The van der Waals surface area contributed by atoms with E-state index in [0.29, 0.717) is 5.75 Å². The Hall–Kier alpha value is -1.35. The smallest absolute Gasteiger partial charge is 0.127 e. The van der Waals surface area contributed by atoms with Crippen molar-refractivity contribution >= 4 is 11.3 Å². The zero-order chi connectivity index (χ0) is 12.0. The number of para-hydroxylation sites is 1. The molecule has 0 unspecified atom stereocenters. The van der Waals surface area contributed by atoms with Gasteiger partial charge in [0.2, 0.25) is 0 Å². The highest BCUT2D eigenvalue weighted by atomic mass is 32.1.